The van der Waals surface area contributed by atoms with Crippen LogP contribution in [0, 0.1) is 5.92 Å². The maximum atomic E-state index is 12.7. The molecule has 9 heteroatoms. The molecule has 4 N–H and O–H groups in total. The van der Waals surface area contributed by atoms with Crippen LogP contribution in [0.25, 0.3) is 0 Å². The Morgan fingerprint density at radius 3 is 2.67 bits per heavy atom. The number of rotatable bonds is 7. The number of nitrogens with two attached hydrogens (primary N) is 1. The number of hydrogen-bond acceptors (Lipinski definition) is 5. The number of para-hydroxylation sites is 1. The Kier molecular flexibility index (Phi) is 5.23. The van der Waals surface area contributed by atoms with Crippen molar-refractivity contribution >= 4 is 29.4 Å². The van der Waals surface area contributed by atoms with Gasteiger partial charge in [0, 0.05) is 12.2 Å². The van der Waals surface area contributed by atoms with Crippen LogP contribution in [-0.4, -0.2) is 58.2 Å². The molecule has 9 nitrogen and oxygen atoms in total. The lowest BCUT2D eigenvalue weighted by Gasteiger charge is -2.23. The van der Waals surface area contributed by atoms with Crippen LogP contribution >= 0.6 is 0 Å². The molecule has 4 rings (SSSR count). The van der Waals surface area contributed by atoms with Gasteiger partial charge in [-0.25, -0.2) is 4.79 Å². The summed E-state index contributed by atoms with van der Waals surface area (Å²) >= 11 is 0. The van der Waals surface area contributed by atoms with Gasteiger partial charge in [0.1, 0.15) is 12.1 Å². The number of benzene rings is 1. The minimum absolute atomic E-state index is 0.140. The zero-order valence-corrected chi connectivity index (χ0v) is 17.0. The number of nitrogens with zero attached hydrogens (tertiary/aromatic N) is 2. The molecule has 1 aromatic rings. The molecule has 5 amide bonds. The van der Waals surface area contributed by atoms with Gasteiger partial charge in [-0.2, -0.15) is 0 Å². The summed E-state index contributed by atoms with van der Waals surface area (Å²) in [6.45, 7) is 2.63. The summed E-state index contributed by atoms with van der Waals surface area (Å²) < 4.78 is 0. The molecule has 1 aliphatic carbocycles. The van der Waals surface area contributed by atoms with E-state index >= 15 is 0 Å². The third-order valence-electron chi connectivity index (χ3n) is 6.35. The Morgan fingerprint density at radius 1 is 1.23 bits per heavy atom. The molecule has 0 radical (unpaired) electrons. The molecular formula is C21H27N5O4. The fourth-order valence-corrected chi connectivity index (χ4v) is 4.47. The first-order chi connectivity index (χ1) is 14.3. The van der Waals surface area contributed by atoms with Gasteiger partial charge in [-0.05, 0) is 56.7 Å². The maximum Gasteiger partial charge on any atom is 0.325 e. The first-order valence-electron chi connectivity index (χ1n) is 10.3. The molecule has 0 bridgehead atoms. The van der Waals surface area contributed by atoms with Crippen molar-refractivity contribution in [2.75, 3.05) is 18.4 Å². The number of carbonyl (C=O) groups excluding carboxylic acids is 4. The molecule has 2 unspecified atom stereocenters. The smallest absolute Gasteiger partial charge is 0.325 e. The lowest BCUT2D eigenvalue weighted by Crippen LogP contribution is -2.46. The Bertz CT molecular complexity index is 899. The number of likely N-dealkylation sites (tertiary alicyclic amines) is 1. The number of hydrogen-bond donors (Lipinski definition) is 3. The Morgan fingerprint density at radius 2 is 1.97 bits per heavy atom. The van der Waals surface area contributed by atoms with Crippen molar-refractivity contribution < 1.29 is 19.2 Å². The minimum Gasteiger partial charge on any atom is -0.368 e. The highest BCUT2D eigenvalue weighted by atomic mass is 16.2. The summed E-state index contributed by atoms with van der Waals surface area (Å²) in [7, 11) is 0. The summed E-state index contributed by atoms with van der Waals surface area (Å²) in [6, 6.07) is 6.47. The van der Waals surface area contributed by atoms with Gasteiger partial charge < -0.3 is 16.4 Å². The van der Waals surface area contributed by atoms with Crippen LogP contribution in [0.15, 0.2) is 24.3 Å². The van der Waals surface area contributed by atoms with Crippen molar-refractivity contribution in [3.05, 3.63) is 29.8 Å². The van der Waals surface area contributed by atoms with E-state index in [1.165, 1.54) is 0 Å². The predicted molar refractivity (Wildman–Crippen MR) is 109 cm³/mol. The highest BCUT2D eigenvalue weighted by Crippen LogP contribution is 2.42. The van der Waals surface area contributed by atoms with Crippen molar-refractivity contribution in [1.82, 2.24) is 15.1 Å². The summed E-state index contributed by atoms with van der Waals surface area (Å²) in [5.41, 5.74) is 6.03. The normalized spacial score (nSPS) is 26.7. The van der Waals surface area contributed by atoms with Crippen molar-refractivity contribution in [2.45, 2.75) is 50.7 Å². The van der Waals surface area contributed by atoms with Gasteiger partial charge in [0.05, 0.1) is 6.04 Å². The van der Waals surface area contributed by atoms with E-state index in [4.69, 9.17) is 5.73 Å². The van der Waals surface area contributed by atoms with Crippen molar-refractivity contribution in [3.63, 3.8) is 0 Å². The second kappa shape index (κ2) is 7.71. The van der Waals surface area contributed by atoms with E-state index in [9.17, 15) is 19.2 Å². The van der Waals surface area contributed by atoms with Crippen LogP contribution in [0.4, 0.5) is 10.5 Å². The maximum absolute atomic E-state index is 12.7. The van der Waals surface area contributed by atoms with Gasteiger partial charge in [-0.1, -0.05) is 18.2 Å². The van der Waals surface area contributed by atoms with Crippen LogP contribution in [-0.2, 0) is 20.9 Å². The topological polar surface area (TPSA) is 125 Å². The van der Waals surface area contributed by atoms with Crippen LogP contribution in [0.3, 0.4) is 0 Å². The van der Waals surface area contributed by atoms with Crippen molar-refractivity contribution in [2.24, 2.45) is 11.7 Å². The molecule has 2 aliphatic heterocycles. The van der Waals surface area contributed by atoms with E-state index in [2.05, 4.69) is 10.6 Å². The molecule has 2 atom stereocenters. The molecule has 0 aromatic heterocycles. The molecule has 2 heterocycles. The number of primary amides is 1. The quantitative estimate of drug-likeness (QED) is 0.570. The summed E-state index contributed by atoms with van der Waals surface area (Å²) in [5.74, 6) is -0.994. The average Bonchev–Trinajstić information content (AvgIpc) is 3.42. The summed E-state index contributed by atoms with van der Waals surface area (Å²) in [4.78, 5) is 52.3. The predicted octanol–water partition coefficient (Wildman–Crippen LogP) is 0.795. The van der Waals surface area contributed by atoms with Gasteiger partial charge in [0.2, 0.25) is 11.8 Å². The zero-order valence-electron chi connectivity index (χ0n) is 17.0. The number of carbonyl (C=O) groups is 4. The van der Waals surface area contributed by atoms with E-state index in [0.717, 1.165) is 42.7 Å². The van der Waals surface area contributed by atoms with Gasteiger partial charge in [-0.3, -0.25) is 24.2 Å². The first kappa shape index (κ1) is 20.3. The number of anilines is 1. The van der Waals surface area contributed by atoms with Gasteiger partial charge in [-0.15, -0.1) is 0 Å². The number of nitrogens with one attached hydrogen (secondary N) is 2. The van der Waals surface area contributed by atoms with Gasteiger partial charge in [0.25, 0.3) is 5.91 Å². The molecule has 0 spiro atoms. The lowest BCUT2D eigenvalue weighted by atomic mass is 9.96. The second-order valence-electron chi connectivity index (χ2n) is 8.53. The third-order valence-corrected chi connectivity index (χ3v) is 6.35. The molecule has 1 aromatic carbocycles. The van der Waals surface area contributed by atoms with E-state index < -0.39 is 17.5 Å². The second-order valence-corrected chi connectivity index (χ2v) is 8.53. The molecule has 3 aliphatic rings. The standard InChI is InChI=1S/C21H27N5O4/c1-21(14-8-9-14)19(29)26(20(30)24-21)12-17(27)23-15-6-3-2-5-13(15)11-25-10-4-7-16(25)18(22)28/h2-3,5-6,14,16H,4,7-12H2,1H3,(H2,22,28)(H,23,27)(H,24,30). The minimum atomic E-state index is -0.908. The van der Waals surface area contributed by atoms with Gasteiger partial charge in [0.15, 0.2) is 0 Å². The number of urea groups is 1. The highest BCUT2D eigenvalue weighted by Gasteiger charge is 2.56. The van der Waals surface area contributed by atoms with Crippen LogP contribution in [0.5, 0.6) is 0 Å². The lowest BCUT2D eigenvalue weighted by molar-refractivity contribution is -0.134. The average molecular weight is 413 g/mol. The molecule has 3 fully saturated rings. The zero-order chi connectivity index (χ0) is 21.5. The molecule has 1 saturated carbocycles. The largest absolute Gasteiger partial charge is 0.368 e. The Balaban J connectivity index is 1.42. The molecular weight excluding hydrogens is 386 g/mol. The third kappa shape index (κ3) is 3.77. The monoisotopic (exact) mass is 413 g/mol. The Hall–Kier alpha value is -2.94. The van der Waals surface area contributed by atoms with Crippen molar-refractivity contribution in [1.29, 1.82) is 0 Å². The molecule has 2 saturated heterocycles. The SMILES string of the molecule is CC1(C2CC2)NC(=O)N(CC(=O)Nc2ccccc2CN2CCCC2C(N)=O)C1=O. The highest BCUT2D eigenvalue weighted by molar-refractivity contribution is 6.10. The van der Waals surface area contributed by atoms with E-state index in [1.54, 1.807) is 19.1 Å². The summed E-state index contributed by atoms with van der Waals surface area (Å²) in [5, 5.41) is 5.56. The van der Waals surface area contributed by atoms with Crippen molar-refractivity contribution in [3.8, 4) is 0 Å². The van der Waals surface area contributed by atoms with Gasteiger partial charge >= 0.3 is 6.03 Å². The fourth-order valence-electron chi connectivity index (χ4n) is 4.47. The summed E-state index contributed by atoms with van der Waals surface area (Å²) in [6.07, 6.45) is 3.43. The molecule has 30 heavy (non-hydrogen) atoms. The fraction of sp³-hybridized carbons (Fsp3) is 0.524. The van der Waals surface area contributed by atoms with Crippen LogP contribution in [0.1, 0.15) is 38.2 Å². The number of imide groups is 1. The van der Waals surface area contributed by atoms with E-state index in [0.29, 0.717) is 12.2 Å². The van der Waals surface area contributed by atoms with E-state index in [-0.39, 0.29) is 30.3 Å². The van der Waals surface area contributed by atoms with E-state index in [1.807, 2.05) is 17.0 Å². The molecule has 160 valence electrons. The first-order valence-corrected chi connectivity index (χ1v) is 10.3. The Labute approximate surface area is 174 Å². The van der Waals surface area contributed by atoms with Crippen LogP contribution in [0.2, 0.25) is 0 Å². The number of amides is 5. The van der Waals surface area contributed by atoms with Crippen LogP contribution < -0.4 is 16.4 Å².